The molecule has 98 valence electrons. The molecule has 0 unspecified atom stereocenters. The number of hydrogen-bond donors (Lipinski definition) is 3. The fraction of sp³-hybridized carbons (Fsp3) is 0.167. The highest BCUT2D eigenvalue weighted by atomic mass is 16.4. The molecular formula is C12H14N6O. The SMILES string of the molecule is N/C(=N/O)c1ncccc1CNCc1cccnn1. The highest BCUT2D eigenvalue weighted by Crippen LogP contribution is 2.05. The van der Waals surface area contributed by atoms with E-state index in [1.165, 1.54) is 0 Å². The number of nitrogens with zero attached hydrogens (tertiary/aromatic N) is 4. The van der Waals surface area contributed by atoms with E-state index < -0.39 is 0 Å². The number of pyridine rings is 1. The largest absolute Gasteiger partial charge is 0.409 e. The molecule has 2 aromatic rings. The van der Waals surface area contributed by atoms with Crippen molar-refractivity contribution in [2.75, 3.05) is 0 Å². The van der Waals surface area contributed by atoms with E-state index in [-0.39, 0.29) is 5.84 Å². The Morgan fingerprint density at radius 1 is 1.26 bits per heavy atom. The molecule has 19 heavy (non-hydrogen) atoms. The van der Waals surface area contributed by atoms with Gasteiger partial charge in [0.05, 0.1) is 5.69 Å². The molecular weight excluding hydrogens is 244 g/mol. The van der Waals surface area contributed by atoms with Gasteiger partial charge in [0.15, 0.2) is 5.84 Å². The van der Waals surface area contributed by atoms with Gasteiger partial charge >= 0.3 is 0 Å². The van der Waals surface area contributed by atoms with E-state index in [1.807, 2.05) is 18.2 Å². The third-order valence-corrected chi connectivity index (χ3v) is 2.49. The second-order valence-electron chi connectivity index (χ2n) is 3.81. The summed E-state index contributed by atoms with van der Waals surface area (Å²) in [6, 6.07) is 7.38. The molecule has 0 bridgehead atoms. The first-order valence-corrected chi connectivity index (χ1v) is 5.70. The van der Waals surface area contributed by atoms with Crippen LogP contribution in [0.25, 0.3) is 0 Å². The first-order valence-electron chi connectivity index (χ1n) is 5.70. The molecule has 0 amide bonds. The quantitative estimate of drug-likeness (QED) is 0.307. The Kier molecular flexibility index (Phi) is 4.35. The zero-order valence-corrected chi connectivity index (χ0v) is 10.2. The van der Waals surface area contributed by atoms with Crippen molar-refractivity contribution < 1.29 is 5.21 Å². The van der Waals surface area contributed by atoms with E-state index >= 15 is 0 Å². The Bertz CT molecular complexity index is 557. The number of oxime groups is 1. The Balaban J connectivity index is 2.00. The minimum atomic E-state index is -0.00287. The van der Waals surface area contributed by atoms with Gasteiger partial charge in [0.1, 0.15) is 5.69 Å². The van der Waals surface area contributed by atoms with Crippen molar-refractivity contribution in [3.8, 4) is 0 Å². The smallest absolute Gasteiger partial charge is 0.189 e. The molecule has 7 heteroatoms. The number of aromatic nitrogens is 3. The summed E-state index contributed by atoms with van der Waals surface area (Å²) >= 11 is 0. The Morgan fingerprint density at radius 3 is 2.84 bits per heavy atom. The Labute approximate surface area is 110 Å². The first kappa shape index (κ1) is 12.9. The van der Waals surface area contributed by atoms with Crippen LogP contribution in [0, 0.1) is 0 Å². The van der Waals surface area contributed by atoms with Gasteiger partial charge in [-0.2, -0.15) is 10.2 Å². The van der Waals surface area contributed by atoms with Gasteiger partial charge in [-0.25, -0.2) is 0 Å². The number of nitrogens with two attached hydrogens (primary N) is 1. The van der Waals surface area contributed by atoms with Crippen molar-refractivity contribution in [1.82, 2.24) is 20.5 Å². The zero-order chi connectivity index (χ0) is 13.5. The minimum Gasteiger partial charge on any atom is -0.409 e. The molecule has 0 aromatic carbocycles. The molecule has 2 rings (SSSR count). The maximum atomic E-state index is 8.70. The summed E-state index contributed by atoms with van der Waals surface area (Å²) in [5.74, 6) is -0.00287. The van der Waals surface area contributed by atoms with Gasteiger partial charge < -0.3 is 16.3 Å². The molecule has 2 aromatic heterocycles. The Morgan fingerprint density at radius 2 is 2.11 bits per heavy atom. The lowest BCUT2D eigenvalue weighted by atomic mass is 10.2. The summed E-state index contributed by atoms with van der Waals surface area (Å²) in [4.78, 5) is 4.09. The molecule has 0 atom stereocenters. The molecule has 0 spiro atoms. The van der Waals surface area contributed by atoms with Crippen LogP contribution in [-0.4, -0.2) is 26.2 Å². The summed E-state index contributed by atoms with van der Waals surface area (Å²) in [5.41, 5.74) is 7.73. The number of nitrogens with one attached hydrogen (secondary N) is 1. The second kappa shape index (κ2) is 6.41. The average molecular weight is 258 g/mol. The van der Waals surface area contributed by atoms with Gasteiger partial charge in [0, 0.05) is 25.5 Å². The average Bonchev–Trinajstić information content (AvgIpc) is 2.48. The predicted octanol–water partition coefficient (Wildman–Crippen LogP) is 0.256. The van der Waals surface area contributed by atoms with Gasteiger partial charge in [-0.3, -0.25) is 4.98 Å². The van der Waals surface area contributed by atoms with Crippen LogP contribution in [-0.2, 0) is 13.1 Å². The molecule has 0 aliphatic rings. The van der Waals surface area contributed by atoms with Gasteiger partial charge in [-0.1, -0.05) is 11.2 Å². The van der Waals surface area contributed by atoms with E-state index in [2.05, 4.69) is 25.7 Å². The molecule has 0 radical (unpaired) electrons. The zero-order valence-electron chi connectivity index (χ0n) is 10.2. The van der Waals surface area contributed by atoms with Gasteiger partial charge in [0.2, 0.25) is 0 Å². The molecule has 4 N–H and O–H groups in total. The van der Waals surface area contributed by atoms with Crippen LogP contribution < -0.4 is 11.1 Å². The summed E-state index contributed by atoms with van der Waals surface area (Å²) in [6.45, 7) is 1.12. The van der Waals surface area contributed by atoms with E-state index in [1.54, 1.807) is 18.5 Å². The topological polar surface area (TPSA) is 109 Å². The van der Waals surface area contributed by atoms with Crippen molar-refractivity contribution in [3.63, 3.8) is 0 Å². The second-order valence-corrected chi connectivity index (χ2v) is 3.81. The third kappa shape index (κ3) is 3.46. The summed E-state index contributed by atoms with van der Waals surface area (Å²) in [6.07, 6.45) is 3.22. The third-order valence-electron chi connectivity index (χ3n) is 2.49. The molecule has 0 aliphatic heterocycles. The maximum Gasteiger partial charge on any atom is 0.189 e. The molecule has 2 heterocycles. The van der Waals surface area contributed by atoms with Gasteiger partial charge in [0.25, 0.3) is 0 Å². The fourth-order valence-electron chi connectivity index (χ4n) is 1.61. The van der Waals surface area contributed by atoms with Crippen LogP contribution in [0.1, 0.15) is 17.0 Å². The first-order chi connectivity index (χ1) is 9.31. The molecule has 0 fully saturated rings. The van der Waals surface area contributed by atoms with Crippen LogP contribution >= 0.6 is 0 Å². The van der Waals surface area contributed by atoms with Gasteiger partial charge in [-0.05, 0) is 23.8 Å². The highest BCUT2D eigenvalue weighted by Gasteiger charge is 2.07. The predicted molar refractivity (Wildman–Crippen MR) is 69.3 cm³/mol. The standard InChI is InChI=1S/C12H14N6O/c13-12(18-19)11-9(3-1-5-15-11)7-14-8-10-4-2-6-16-17-10/h1-6,14,19H,7-8H2,(H2,13,18). The number of rotatable bonds is 5. The van der Waals surface area contributed by atoms with Crippen molar-refractivity contribution in [2.45, 2.75) is 13.1 Å². The Hall–Kier alpha value is -2.54. The fourth-order valence-corrected chi connectivity index (χ4v) is 1.61. The van der Waals surface area contributed by atoms with Crippen LogP contribution in [0.2, 0.25) is 0 Å². The van der Waals surface area contributed by atoms with E-state index in [4.69, 9.17) is 10.9 Å². The molecule has 0 aliphatic carbocycles. The lowest BCUT2D eigenvalue weighted by Gasteiger charge is -2.08. The number of hydrogen-bond acceptors (Lipinski definition) is 6. The van der Waals surface area contributed by atoms with Crippen molar-refractivity contribution >= 4 is 5.84 Å². The lowest BCUT2D eigenvalue weighted by Crippen LogP contribution is -2.21. The number of amidine groups is 1. The van der Waals surface area contributed by atoms with Crippen molar-refractivity contribution in [3.05, 3.63) is 53.6 Å². The van der Waals surface area contributed by atoms with E-state index in [9.17, 15) is 0 Å². The molecule has 0 saturated carbocycles. The molecule has 7 nitrogen and oxygen atoms in total. The summed E-state index contributed by atoms with van der Waals surface area (Å²) in [7, 11) is 0. The van der Waals surface area contributed by atoms with Crippen LogP contribution in [0.15, 0.2) is 41.8 Å². The van der Waals surface area contributed by atoms with Gasteiger partial charge in [-0.15, -0.1) is 0 Å². The normalized spacial score (nSPS) is 11.5. The summed E-state index contributed by atoms with van der Waals surface area (Å²) in [5, 5.41) is 22.6. The van der Waals surface area contributed by atoms with Crippen LogP contribution in [0.5, 0.6) is 0 Å². The van der Waals surface area contributed by atoms with Crippen molar-refractivity contribution in [2.24, 2.45) is 10.9 Å². The van der Waals surface area contributed by atoms with Crippen molar-refractivity contribution in [1.29, 1.82) is 0 Å². The van der Waals surface area contributed by atoms with Crippen LogP contribution in [0.4, 0.5) is 0 Å². The minimum absolute atomic E-state index is 0.00287. The lowest BCUT2D eigenvalue weighted by molar-refractivity contribution is 0.318. The molecule has 0 saturated heterocycles. The monoisotopic (exact) mass is 258 g/mol. The van der Waals surface area contributed by atoms with Crippen LogP contribution in [0.3, 0.4) is 0 Å². The summed E-state index contributed by atoms with van der Waals surface area (Å²) < 4.78 is 0. The van der Waals surface area contributed by atoms with E-state index in [0.29, 0.717) is 18.8 Å². The van der Waals surface area contributed by atoms with E-state index in [0.717, 1.165) is 11.3 Å². The maximum absolute atomic E-state index is 8.70. The highest BCUT2D eigenvalue weighted by molar-refractivity contribution is 5.96.